The van der Waals surface area contributed by atoms with Crippen LogP contribution in [0.2, 0.25) is 0 Å². The van der Waals surface area contributed by atoms with Crippen LogP contribution in [0.25, 0.3) is 11.1 Å². The lowest BCUT2D eigenvalue weighted by Crippen LogP contribution is -2.35. The number of hydrogen-bond donors (Lipinski definition) is 1. The van der Waals surface area contributed by atoms with E-state index in [1.807, 2.05) is 6.07 Å². The van der Waals surface area contributed by atoms with Crippen LogP contribution < -0.4 is 10.0 Å². The van der Waals surface area contributed by atoms with Crippen LogP contribution >= 0.6 is 0 Å². The summed E-state index contributed by atoms with van der Waals surface area (Å²) in [5, 5.41) is 5.11. The number of nitrogens with zero attached hydrogens (tertiary/aromatic N) is 1. The molecular weight excluding hydrogens is 453 g/mol. The summed E-state index contributed by atoms with van der Waals surface area (Å²) in [6.07, 6.45) is 1.29. The summed E-state index contributed by atoms with van der Waals surface area (Å²) in [4.78, 5) is 14.2. The normalized spacial score (nSPS) is 17.2. The van der Waals surface area contributed by atoms with Gasteiger partial charge in [0, 0.05) is 23.7 Å². The molecule has 3 aromatic rings. The average molecular weight is 472 g/mol. The van der Waals surface area contributed by atoms with E-state index in [4.69, 9.17) is 5.14 Å². The lowest BCUT2D eigenvalue weighted by atomic mass is 10.00. The number of primary sulfonamides is 1. The third kappa shape index (κ3) is 3.81. The molecule has 1 heterocycles. The quantitative estimate of drug-likeness (QED) is 0.631. The van der Waals surface area contributed by atoms with Gasteiger partial charge >= 0.3 is 0 Å². The Kier molecular flexibility index (Phi) is 5.06. The summed E-state index contributed by atoms with van der Waals surface area (Å²) in [6, 6.07) is 10.8. The molecule has 1 aliphatic carbocycles. The first kappa shape index (κ1) is 21.7. The van der Waals surface area contributed by atoms with Gasteiger partial charge in [0.1, 0.15) is 22.3 Å². The SMILES string of the molecule is NS(=O)(=O)c1cc2c(cc1F)CCN2C(=O)[C@@H]1Cc2ccc(-c3cc(F)ccc3F)cc2C1. The number of carbonyl (C=O) groups is 1. The summed E-state index contributed by atoms with van der Waals surface area (Å²) in [7, 11) is -4.27. The van der Waals surface area contributed by atoms with E-state index < -0.39 is 38.3 Å². The Morgan fingerprint density at radius 2 is 1.67 bits per heavy atom. The second-order valence-corrected chi connectivity index (χ2v) is 9.94. The molecule has 3 aromatic carbocycles. The monoisotopic (exact) mass is 472 g/mol. The average Bonchev–Trinajstić information content (AvgIpc) is 3.36. The maximum atomic E-state index is 14.2. The molecule has 0 fully saturated rings. The van der Waals surface area contributed by atoms with Gasteiger partial charge < -0.3 is 4.90 Å². The second kappa shape index (κ2) is 7.71. The third-order valence-corrected chi connectivity index (χ3v) is 7.25. The van der Waals surface area contributed by atoms with Crippen molar-refractivity contribution >= 4 is 21.6 Å². The first-order chi connectivity index (χ1) is 15.6. The van der Waals surface area contributed by atoms with E-state index in [-0.39, 0.29) is 11.5 Å². The van der Waals surface area contributed by atoms with Crippen molar-refractivity contribution in [3.8, 4) is 11.1 Å². The van der Waals surface area contributed by atoms with Crippen LogP contribution in [0.1, 0.15) is 16.7 Å². The summed E-state index contributed by atoms with van der Waals surface area (Å²) in [6.45, 7) is 0.314. The van der Waals surface area contributed by atoms with E-state index in [0.29, 0.717) is 42.6 Å². The fourth-order valence-corrected chi connectivity index (χ4v) is 5.34. The van der Waals surface area contributed by atoms with Crippen LogP contribution in [-0.2, 0) is 34.1 Å². The minimum Gasteiger partial charge on any atom is -0.312 e. The lowest BCUT2D eigenvalue weighted by molar-refractivity contribution is -0.122. The van der Waals surface area contributed by atoms with Crippen LogP contribution in [-0.4, -0.2) is 20.9 Å². The fourth-order valence-electron chi connectivity index (χ4n) is 4.73. The lowest BCUT2D eigenvalue weighted by Gasteiger charge is -2.21. The van der Waals surface area contributed by atoms with Crippen LogP contribution in [0.4, 0.5) is 18.9 Å². The first-order valence-electron chi connectivity index (χ1n) is 10.4. The Labute approximate surface area is 188 Å². The topological polar surface area (TPSA) is 80.5 Å². The summed E-state index contributed by atoms with van der Waals surface area (Å²) < 4.78 is 65.4. The van der Waals surface area contributed by atoms with Gasteiger partial charge in [0.25, 0.3) is 0 Å². The van der Waals surface area contributed by atoms with Crippen molar-refractivity contribution in [3.05, 3.63) is 82.7 Å². The Bertz CT molecular complexity index is 1420. The molecular formula is C24H19F3N2O3S. The van der Waals surface area contributed by atoms with Crippen LogP contribution in [0.3, 0.4) is 0 Å². The largest absolute Gasteiger partial charge is 0.312 e. The van der Waals surface area contributed by atoms with Gasteiger partial charge in [-0.3, -0.25) is 4.79 Å². The predicted octanol–water partition coefficient (Wildman–Crippen LogP) is 3.72. The van der Waals surface area contributed by atoms with Gasteiger partial charge in [-0.15, -0.1) is 0 Å². The number of sulfonamides is 1. The van der Waals surface area contributed by atoms with Crippen molar-refractivity contribution in [3.63, 3.8) is 0 Å². The van der Waals surface area contributed by atoms with Gasteiger partial charge in [-0.25, -0.2) is 26.7 Å². The van der Waals surface area contributed by atoms with E-state index in [1.54, 1.807) is 12.1 Å². The molecule has 0 bridgehead atoms. The molecule has 1 aliphatic heterocycles. The molecule has 1 atom stereocenters. The molecule has 9 heteroatoms. The molecule has 0 spiro atoms. The van der Waals surface area contributed by atoms with Gasteiger partial charge in [-0.1, -0.05) is 18.2 Å². The minimum atomic E-state index is -4.27. The number of halogens is 3. The summed E-state index contributed by atoms with van der Waals surface area (Å²) in [5.74, 6) is -2.61. The predicted molar refractivity (Wildman–Crippen MR) is 117 cm³/mol. The highest BCUT2D eigenvalue weighted by Crippen LogP contribution is 2.37. The van der Waals surface area contributed by atoms with Crippen molar-refractivity contribution in [2.75, 3.05) is 11.4 Å². The molecule has 0 saturated carbocycles. The van der Waals surface area contributed by atoms with Crippen molar-refractivity contribution in [2.45, 2.75) is 24.2 Å². The molecule has 5 nitrogen and oxygen atoms in total. The van der Waals surface area contributed by atoms with Gasteiger partial charge in [0.2, 0.25) is 15.9 Å². The van der Waals surface area contributed by atoms with Gasteiger partial charge in [0.15, 0.2) is 0 Å². The van der Waals surface area contributed by atoms with Gasteiger partial charge in [0.05, 0.1) is 0 Å². The van der Waals surface area contributed by atoms with Crippen molar-refractivity contribution in [1.82, 2.24) is 0 Å². The molecule has 33 heavy (non-hydrogen) atoms. The molecule has 2 aliphatic rings. The highest BCUT2D eigenvalue weighted by Gasteiger charge is 2.35. The first-order valence-corrected chi connectivity index (χ1v) is 11.9. The molecule has 170 valence electrons. The molecule has 0 saturated heterocycles. The van der Waals surface area contributed by atoms with Crippen molar-refractivity contribution < 1.29 is 26.4 Å². The van der Waals surface area contributed by atoms with Crippen molar-refractivity contribution in [2.24, 2.45) is 11.1 Å². The zero-order chi connectivity index (χ0) is 23.5. The molecule has 5 rings (SSSR count). The smallest absolute Gasteiger partial charge is 0.241 e. The number of hydrogen-bond acceptors (Lipinski definition) is 3. The second-order valence-electron chi connectivity index (χ2n) is 8.41. The molecule has 2 N–H and O–H groups in total. The van der Waals surface area contributed by atoms with E-state index >= 15 is 0 Å². The molecule has 1 amide bonds. The van der Waals surface area contributed by atoms with Gasteiger partial charge in [-0.2, -0.15) is 0 Å². The zero-order valence-electron chi connectivity index (χ0n) is 17.3. The van der Waals surface area contributed by atoms with Crippen LogP contribution in [0.5, 0.6) is 0 Å². The van der Waals surface area contributed by atoms with E-state index in [9.17, 15) is 26.4 Å². The number of fused-ring (bicyclic) bond motifs is 2. The minimum absolute atomic E-state index is 0.151. The molecule has 0 unspecified atom stereocenters. The summed E-state index contributed by atoms with van der Waals surface area (Å²) >= 11 is 0. The number of benzene rings is 3. The van der Waals surface area contributed by atoms with Crippen LogP contribution in [0.15, 0.2) is 53.4 Å². The number of anilines is 1. The number of amides is 1. The van der Waals surface area contributed by atoms with Gasteiger partial charge in [-0.05, 0) is 71.8 Å². The maximum Gasteiger partial charge on any atom is 0.241 e. The highest BCUT2D eigenvalue weighted by molar-refractivity contribution is 7.89. The van der Waals surface area contributed by atoms with E-state index in [0.717, 1.165) is 41.5 Å². The molecule has 0 radical (unpaired) electrons. The Hall–Kier alpha value is -3.17. The number of nitrogens with two attached hydrogens (primary N) is 1. The maximum absolute atomic E-state index is 14.2. The Balaban J connectivity index is 1.42. The summed E-state index contributed by atoms with van der Waals surface area (Å²) in [5.41, 5.74) is 3.39. The third-order valence-electron chi connectivity index (χ3n) is 6.33. The fraction of sp³-hybridized carbons (Fsp3) is 0.208. The standard InChI is InChI=1S/C24H19F3N2O3S/c25-18-3-4-20(26)19(11-18)14-2-1-13-7-17(9-16(13)8-14)24(30)29-6-5-15-10-21(27)23(12-22(15)29)33(28,31)32/h1-4,8,10-12,17H,5-7,9H2,(H2,28,31,32)/t17-/m1/s1. The highest BCUT2D eigenvalue weighted by atomic mass is 32.2. The Morgan fingerprint density at radius 1 is 0.909 bits per heavy atom. The molecule has 0 aromatic heterocycles. The van der Waals surface area contributed by atoms with E-state index in [1.165, 1.54) is 4.90 Å². The van der Waals surface area contributed by atoms with E-state index in [2.05, 4.69) is 0 Å². The van der Waals surface area contributed by atoms with Crippen molar-refractivity contribution in [1.29, 1.82) is 0 Å². The zero-order valence-corrected chi connectivity index (χ0v) is 18.1. The Morgan fingerprint density at radius 3 is 2.42 bits per heavy atom. The number of carbonyl (C=O) groups excluding carboxylic acids is 1. The van der Waals surface area contributed by atoms with Crippen LogP contribution in [0, 0.1) is 23.4 Å². The number of rotatable bonds is 3.